The maximum atomic E-state index is 15.5. The van der Waals surface area contributed by atoms with Crippen LogP contribution in [0, 0.1) is 0 Å². The molecule has 3 aromatic rings. The van der Waals surface area contributed by atoms with Gasteiger partial charge in [0.2, 0.25) is 0 Å². The molecule has 1 nitrogen and oxygen atoms in total. The molecule has 0 radical (unpaired) electrons. The summed E-state index contributed by atoms with van der Waals surface area (Å²) < 4.78 is 22.1. The van der Waals surface area contributed by atoms with E-state index < -0.39 is 18.3 Å². The Morgan fingerprint density at radius 2 is 1.37 bits per heavy atom. The molecule has 0 saturated carbocycles. The van der Waals surface area contributed by atoms with E-state index >= 15 is 3.09 Å². The predicted octanol–water partition coefficient (Wildman–Crippen LogP) is 6.70. The quantitative estimate of drug-likeness (QED) is 0.430. The standard InChI is InChI=1S/C13H10.C10H13ClO.FH.Ti/c1-3-7-12(8-4-1)11-13-9-5-2-6-10-13;1-10(2,3)7-4-8(11)6-9(12)5-7;;/h1-10H;4-6,12H,1-3H3;1H;/q;;;+2/p-2. The van der Waals surface area contributed by atoms with E-state index in [0.717, 1.165) is 16.7 Å². The van der Waals surface area contributed by atoms with Crippen LogP contribution in [0.3, 0.4) is 0 Å². The summed E-state index contributed by atoms with van der Waals surface area (Å²) in [7, 11) is 0. The van der Waals surface area contributed by atoms with Crippen LogP contribution in [0.25, 0.3) is 0 Å². The second kappa shape index (κ2) is 8.52. The first-order valence-corrected chi connectivity index (χ1v) is 11.2. The molecule has 0 unspecified atom stereocenters. The van der Waals surface area contributed by atoms with Crippen molar-refractivity contribution >= 4 is 15.4 Å². The molecule has 0 aliphatic rings. The Hall–Kier alpha value is -1.74. The number of halogens is 2. The Labute approximate surface area is 172 Å². The van der Waals surface area contributed by atoms with E-state index in [4.69, 9.17) is 14.9 Å². The van der Waals surface area contributed by atoms with Crippen LogP contribution in [0.5, 0.6) is 5.75 Å². The average molecular weight is 417 g/mol. The van der Waals surface area contributed by atoms with Crippen molar-refractivity contribution in [2.75, 3.05) is 0 Å². The molecule has 27 heavy (non-hydrogen) atoms. The molecule has 0 fully saturated rings. The molecule has 0 aliphatic carbocycles. The van der Waals surface area contributed by atoms with Crippen LogP contribution in [0.4, 0.5) is 3.09 Å². The van der Waals surface area contributed by atoms with E-state index in [-0.39, 0.29) is 5.41 Å². The molecule has 0 heterocycles. The topological polar surface area (TPSA) is 9.23 Å². The summed E-state index contributed by atoms with van der Waals surface area (Å²) in [4.78, 5) is 0. The zero-order chi connectivity index (χ0) is 19.4. The van der Waals surface area contributed by atoms with Gasteiger partial charge in [0, 0.05) is 0 Å². The Balaban J connectivity index is 2.07. The predicted molar refractivity (Wildman–Crippen MR) is 108 cm³/mol. The average Bonchev–Trinajstić information content (AvgIpc) is 2.62. The summed E-state index contributed by atoms with van der Waals surface area (Å²) in [5, 5.41) is 0.560. The second-order valence-electron chi connectivity index (χ2n) is 7.41. The molecule has 0 saturated heterocycles. The maximum absolute atomic E-state index is 15.5. The van der Waals surface area contributed by atoms with Crippen LogP contribution < -0.4 is 3.32 Å². The van der Waals surface area contributed by atoms with Crippen LogP contribution in [0.2, 0.25) is 5.02 Å². The molecule has 138 valence electrons. The Bertz CT molecular complexity index is 906. The van der Waals surface area contributed by atoms with E-state index in [1.807, 2.05) is 72.8 Å². The molecule has 0 aliphatic heterocycles. The third-order valence-corrected chi connectivity index (χ3v) is 6.65. The minimum absolute atomic E-state index is 0.0924. The monoisotopic (exact) mass is 416 g/mol. The Kier molecular flexibility index (Phi) is 6.31. The van der Waals surface area contributed by atoms with Crippen LogP contribution in [-0.4, -0.2) is 3.81 Å². The summed E-state index contributed by atoms with van der Waals surface area (Å²) in [6, 6.07) is 24.7. The Morgan fingerprint density at radius 3 is 1.85 bits per heavy atom. The number of rotatable bonds is 4. The van der Waals surface area contributed by atoms with Crippen molar-refractivity contribution in [3.05, 3.63) is 101 Å². The van der Waals surface area contributed by atoms with E-state index in [0.29, 0.717) is 14.6 Å². The van der Waals surface area contributed by atoms with E-state index in [1.165, 1.54) is 0 Å². The first-order valence-electron chi connectivity index (χ1n) is 8.84. The van der Waals surface area contributed by atoms with Gasteiger partial charge in [0.05, 0.1) is 0 Å². The molecule has 0 N–H and O–H groups in total. The second-order valence-corrected chi connectivity index (χ2v) is 9.80. The first-order chi connectivity index (χ1) is 12.8. The molecule has 3 aromatic carbocycles. The summed E-state index contributed by atoms with van der Waals surface area (Å²) in [5.41, 5.74) is 2.65. The number of hydrogen-bond acceptors (Lipinski definition) is 1. The fourth-order valence-corrected chi connectivity index (χ4v) is 4.93. The number of hydrogen-bond donors (Lipinski definition) is 0. The molecule has 0 spiro atoms. The molecule has 3 rings (SSSR count). The van der Waals surface area contributed by atoms with E-state index in [1.54, 1.807) is 6.07 Å². The van der Waals surface area contributed by atoms with Gasteiger partial charge in [-0.3, -0.25) is 0 Å². The van der Waals surface area contributed by atoms with Crippen LogP contribution in [0.15, 0.2) is 78.9 Å². The van der Waals surface area contributed by atoms with Gasteiger partial charge in [-0.2, -0.15) is 0 Å². The summed E-state index contributed by atoms with van der Waals surface area (Å²) in [6.45, 7) is 6.29. The molecule has 0 aromatic heterocycles. The van der Waals surface area contributed by atoms with E-state index in [9.17, 15) is 0 Å². The van der Waals surface area contributed by atoms with Crippen LogP contribution in [0.1, 0.15) is 37.5 Å². The van der Waals surface area contributed by atoms with Gasteiger partial charge in [0.15, 0.2) is 0 Å². The van der Waals surface area contributed by atoms with Gasteiger partial charge in [0.25, 0.3) is 0 Å². The van der Waals surface area contributed by atoms with Gasteiger partial charge in [-0.15, -0.1) is 0 Å². The zero-order valence-electron chi connectivity index (χ0n) is 15.7. The fraction of sp³-hybridized carbons (Fsp3) is 0.174. The van der Waals surface area contributed by atoms with Crippen molar-refractivity contribution in [1.29, 1.82) is 0 Å². The molecular weight excluding hydrogens is 395 g/mol. The third-order valence-electron chi connectivity index (χ3n) is 4.27. The van der Waals surface area contributed by atoms with Gasteiger partial charge in [-0.1, -0.05) is 0 Å². The van der Waals surface area contributed by atoms with E-state index in [2.05, 4.69) is 20.8 Å². The Morgan fingerprint density at radius 1 is 0.852 bits per heavy atom. The summed E-state index contributed by atoms with van der Waals surface area (Å²) in [5.74, 6) is 0.495. The van der Waals surface area contributed by atoms with Gasteiger partial charge in [-0.25, -0.2) is 0 Å². The first kappa shape index (κ1) is 20.0. The summed E-state index contributed by atoms with van der Waals surface area (Å²) >= 11 is 2.71. The van der Waals surface area contributed by atoms with Crippen molar-refractivity contribution in [3.63, 3.8) is 0 Å². The molecule has 4 heteroatoms. The van der Waals surface area contributed by atoms with Crippen LogP contribution >= 0.6 is 11.6 Å². The van der Waals surface area contributed by atoms with Crippen molar-refractivity contribution in [1.82, 2.24) is 0 Å². The number of benzene rings is 3. The normalized spacial score (nSPS) is 11.1. The molecular formula is C23H22ClFOTi. The fourth-order valence-electron chi connectivity index (χ4n) is 2.81. The van der Waals surface area contributed by atoms with Crippen LogP contribution in [-0.2, 0) is 23.7 Å². The zero-order valence-corrected chi connectivity index (χ0v) is 18.0. The SMILES string of the molecule is CC(C)(C)c1cc(Cl)cc([O][Ti]([F])=[C](c2ccccc2)c2ccccc2)c1. The van der Waals surface area contributed by atoms with Crippen molar-refractivity contribution < 1.29 is 24.7 Å². The summed E-state index contributed by atoms with van der Waals surface area (Å²) in [6.07, 6.45) is 0. The van der Waals surface area contributed by atoms with Crippen molar-refractivity contribution in [2.45, 2.75) is 26.2 Å². The van der Waals surface area contributed by atoms with Gasteiger partial charge in [-0.05, 0) is 0 Å². The molecule has 0 bridgehead atoms. The van der Waals surface area contributed by atoms with Crippen molar-refractivity contribution in [2.24, 2.45) is 0 Å². The van der Waals surface area contributed by atoms with Crippen molar-refractivity contribution in [3.8, 4) is 5.75 Å². The minimum atomic E-state index is -3.56. The van der Waals surface area contributed by atoms with Gasteiger partial charge < -0.3 is 0 Å². The molecule has 0 atom stereocenters. The van der Waals surface area contributed by atoms with Gasteiger partial charge in [0.1, 0.15) is 0 Å². The molecule has 0 amide bonds. The third kappa shape index (κ3) is 5.16. The van der Waals surface area contributed by atoms with Gasteiger partial charge >= 0.3 is 173 Å².